The third kappa shape index (κ3) is 7.46. The van der Waals surface area contributed by atoms with Gasteiger partial charge in [-0.3, -0.25) is 4.79 Å². The average Bonchev–Trinajstić information content (AvgIpc) is 2.59. The van der Waals surface area contributed by atoms with Crippen molar-refractivity contribution in [3.63, 3.8) is 0 Å². The topological polar surface area (TPSA) is 83.4 Å². The molecule has 0 aliphatic heterocycles. The summed E-state index contributed by atoms with van der Waals surface area (Å²) in [4.78, 5) is 12.1. The lowest BCUT2D eigenvalue weighted by atomic mass is 10.2. The number of nitriles is 1. The molecule has 0 spiro atoms. The SMILES string of the molecule is CCOC(CN/C=C(/C#N)C(=O)Nc1ccc(Cl)c(C(F)(F)F)c1)OCC. The van der Waals surface area contributed by atoms with Crippen LogP contribution in [0.25, 0.3) is 0 Å². The van der Waals surface area contributed by atoms with Crippen LogP contribution in [0.4, 0.5) is 18.9 Å². The number of rotatable bonds is 9. The van der Waals surface area contributed by atoms with Crippen LogP contribution in [0.3, 0.4) is 0 Å². The summed E-state index contributed by atoms with van der Waals surface area (Å²) in [6.07, 6.45) is -4.09. The van der Waals surface area contributed by atoms with Gasteiger partial charge in [-0.2, -0.15) is 18.4 Å². The van der Waals surface area contributed by atoms with E-state index in [1.54, 1.807) is 19.9 Å². The largest absolute Gasteiger partial charge is 0.417 e. The van der Waals surface area contributed by atoms with Crippen LogP contribution in [-0.4, -0.2) is 32.0 Å². The molecule has 0 unspecified atom stereocenters. The number of hydrogen-bond donors (Lipinski definition) is 2. The number of carbonyl (C=O) groups is 1. The first-order chi connectivity index (χ1) is 12.7. The lowest BCUT2D eigenvalue weighted by molar-refractivity contribution is -0.137. The minimum atomic E-state index is -4.67. The molecular weight excluding hydrogens is 387 g/mol. The average molecular weight is 406 g/mol. The molecule has 10 heteroatoms. The van der Waals surface area contributed by atoms with Crippen LogP contribution in [-0.2, 0) is 20.4 Å². The van der Waals surface area contributed by atoms with Gasteiger partial charge in [0.15, 0.2) is 6.29 Å². The highest BCUT2D eigenvalue weighted by atomic mass is 35.5. The van der Waals surface area contributed by atoms with Crippen molar-refractivity contribution in [1.29, 1.82) is 5.26 Å². The first kappa shape index (κ1) is 22.8. The fourth-order valence-corrected chi connectivity index (χ4v) is 2.19. The smallest absolute Gasteiger partial charge is 0.385 e. The molecule has 1 aromatic carbocycles. The maximum atomic E-state index is 12.9. The van der Waals surface area contributed by atoms with Gasteiger partial charge in [0, 0.05) is 25.1 Å². The van der Waals surface area contributed by atoms with Gasteiger partial charge in [-0.05, 0) is 32.0 Å². The van der Waals surface area contributed by atoms with E-state index in [1.165, 1.54) is 6.07 Å². The number of ether oxygens (including phenoxy) is 2. The van der Waals surface area contributed by atoms with Gasteiger partial charge in [-0.25, -0.2) is 0 Å². The summed E-state index contributed by atoms with van der Waals surface area (Å²) in [5.41, 5.74) is -1.55. The first-order valence-electron chi connectivity index (χ1n) is 7.97. The predicted molar refractivity (Wildman–Crippen MR) is 93.8 cm³/mol. The molecule has 1 aromatic rings. The summed E-state index contributed by atoms with van der Waals surface area (Å²) in [5.74, 6) is -0.871. The van der Waals surface area contributed by atoms with Crippen molar-refractivity contribution in [3.8, 4) is 6.07 Å². The number of anilines is 1. The van der Waals surface area contributed by atoms with Crippen LogP contribution in [0.5, 0.6) is 0 Å². The maximum Gasteiger partial charge on any atom is 0.417 e. The van der Waals surface area contributed by atoms with Gasteiger partial charge < -0.3 is 20.1 Å². The first-order valence-corrected chi connectivity index (χ1v) is 8.35. The molecule has 0 aromatic heterocycles. The number of hydrogen-bond acceptors (Lipinski definition) is 5. The number of alkyl halides is 3. The van der Waals surface area contributed by atoms with Crippen molar-refractivity contribution < 1.29 is 27.4 Å². The van der Waals surface area contributed by atoms with Crippen molar-refractivity contribution in [2.45, 2.75) is 26.3 Å². The van der Waals surface area contributed by atoms with Crippen LogP contribution in [0, 0.1) is 11.3 Å². The second kappa shape index (κ2) is 10.8. The molecule has 0 saturated carbocycles. The Labute approximate surface area is 159 Å². The lowest BCUT2D eigenvalue weighted by Crippen LogP contribution is -2.29. The van der Waals surface area contributed by atoms with Crippen molar-refractivity contribution in [1.82, 2.24) is 5.32 Å². The van der Waals surface area contributed by atoms with Gasteiger partial charge in [-0.1, -0.05) is 11.6 Å². The maximum absolute atomic E-state index is 12.9. The summed E-state index contributed by atoms with van der Waals surface area (Å²) in [7, 11) is 0. The van der Waals surface area contributed by atoms with Crippen LogP contribution < -0.4 is 10.6 Å². The number of nitrogens with one attached hydrogen (secondary N) is 2. The molecule has 0 aliphatic rings. The van der Waals surface area contributed by atoms with Crippen molar-refractivity contribution >= 4 is 23.2 Å². The Hall–Kier alpha value is -2.28. The molecule has 27 heavy (non-hydrogen) atoms. The molecule has 1 amide bonds. The van der Waals surface area contributed by atoms with Crippen molar-refractivity contribution in [3.05, 3.63) is 40.6 Å². The highest BCUT2D eigenvalue weighted by Gasteiger charge is 2.33. The molecule has 0 aliphatic carbocycles. The second-order valence-electron chi connectivity index (χ2n) is 5.06. The summed E-state index contributed by atoms with van der Waals surface area (Å²) >= 11 is 5.53. The van der Waals surface area contributed by atoms with E-state index in [0.29, 0.717) is 19.3 Å². The third-order valence-electron chi connectivity index (χ3n) is 3.13. The number of halogens is 4. The molecule has 148 valence electrons. The monoisotopic (exact) mass is 405 g/mol. The molecule has 0 radical (unpaired) electrons. The van der Waals surface area contributed by atoms with E-state index in [1.807, 2.05) is 0 Å². The minimum Gasteiger partial charge on any atom is -0.385 e. The zero-order chi connectivity index (χ0) is 20.4. The fraction of sp³-hybridized carbons (Fsp3) is 0.412. The molecule has 2 N–H and O–H groups in total. The minimum absolute atomic E-state index is 0.139. The lowest BCUT2D eigenvalue weighted by Gasteiger charge is -2.16. The molecule has 0 saturated heterocycles. The highest BCUT2D eigenvalue weighted by molar-refractivity contribution is 6.31. The Morgan fingerprint density at radius 2 is 1.96 bits per heavy atom. The van der Waals surface area contributed by atoms with E-state index in [9.17, 15) is 18.0 Å². The molecule has 0 fully saturated rings. The quantitative estimate of drug-likeness (QED) is 0.372. The number of benzene rings is 1. The number of nitrogens with zero attached hydrogens (tertiary/aromatic N) is 1. The van der Waals surface area contributed by atoms with Gasteiger partial charge >= 0.3 is 6.18 Å². The van der Waals surface area contributed by atoms with Crippen molar-refractivity contribution in [2.24, 2.45) is 0 Å². The molecule has 0 bridgehead atoms. The van der Waals surface area contributed by atoms with E-state index >= 15 is 0 Å². The van der Waals surface area contributed by atoms with E-state index in [4.69, 9.17) is 26.3 Å². The Balaban J connectivity index is 2.80. The van der Waals surface area contributed by atoms with E-state index in [-0.39, 0.29) is 17.8 Å². The third-order valence-corrected chi connectivity index (χ3v) is 3.46. The van der Waals surface area contributed by atoms with Gasteiger partial charge in [0.05, 0.1) is 17.1 Å². The Morgan fingerprint density at radius 1 is 1.33 bits per heavy atom. The number of amides is 1. The van der Waals surface area contributed by atoms with Gasteiger partial charge in [0.1, 0.15) is 11.6 Å². The van der Waals surface area contributed by atoms with Gasteiger partial charge in [-0.15, -0.1) is 0 Å². The molecule has 1 rings (SSSR count). The Kier molecular flexibility index (Phi) is 9.08. The molecule has 0 atom stereocenters. The Morgan fingerprint density at radius 3 is 2.48 bits per heavy atom. The zero-order valence-electron chi connectivity index (χ0n) is 14.7. The summed E-state index contributed by atoms with van der Waals surface area (Å²) < 4.78 is 49.2. The summed E-state index contributed by atoms with van der Waals surface area (Å²) in [5, 5.41) is 13.6. The van der Waals surface area contributed by atoms with Crippen LogP contribution >= 0.6 is 11.6 Å². The molecule has 6 nitrogen and oxygen atoms in total. The summed E-state index contributed by atoms with van der Waals surface area (Å²) in [6, 6.07) is 4.59. The Bertz CT molecular complexity index is 712. The van der Waals surface area contributed by atoms with Gasteiger partial charge in [0.25, 0.3) is 5.91 Å². The highest BCUT2D eigenvalue weighted by Crippen LogP contribution is 2.36. The van der Waals surface area contributed by atoms with Crippen LogP contribution in [0.1, 0.15) is 19.4 Å². The zero-order valence-corrected chi connectivity index (χ0v) is 15.4. The van der Waals surface area contributed by atoms with E-state index in [0.717, 1.165) is 12.3 Å². The molecule has 0 heterocycles. The van der Waals surface area contributed by atoms with Crippen LogP contribution in [0.2, 0.25) is 5.02 Å². The van der Waals surface area contributed by atoms with E-state index < -0.39 is 29.0 Å². The van der Waals surface area contributed by atoms with E-state index in [2.05, 4.69) is 10.6 Å². The number of carbonyl (C=O) groups excluding carboxylic acids is 1. The second-order valence-corrected chi connectivity index (χ2v) is 5.47. The predicted octanol–water partition coefficient (Wildman–Crippen LogP) is 3.69. The standard InChI is InChI=1S/C17H19ClF3N3O3/c1-3-26-15(27-4-2)10-23-9-11(8-22)16(25)24-12-5-6-14(18)13(7-12)17(19,20)21/h5-7,9,15,23H,3-4,10H2,1-2H3,(H,24,25)/b11-9-. The molecular formula is C17H19ClF3N3O3. The normalized spacial score (nSPS) is 12.0. The summed E-state index contributed by atoms with van der Waals surface area (Å²) in [6.45, 7) is 4.59. The van der Waals surface area contributed by atoms with Crippen molar-refractivity contribution in [2.75, 3.05) is 25.1 Å². The van der Waals surface area contributed by atoms with Crippen LogP contribution in [0.15, 0.2) is 30.0 Å². The fourth-order valence-electron chi connectivity index (χ4n) is 1.96. The van der Waals surface area contributed by atoms with Gasteiger partial charge in [0.2, 0.25) is 0 Å².